The van der Waals surface area contributed by atoms with E-state index in [2.05, 4.69) is 48.1 Å². The van der Waals surface area contributed by atoms with Crippen LogP contribution in [0.5, 0.6) is 0 Å². The summed E-state index contributed by atoms with van der Waals surface area (Å²) in [6, 6.07) is 2.24. The number of thiazole rings is 1. The van der Waals surface area contributed by atoms with Gasteiger partial charge in [0, 0.05) is 25.3 Å². The number of aromatic nitrogens is 4. The number of halogens is 1. The van der Waals surface area contributed by atoms with E-state index in [4.69, 9.17) is 0 Å². The number of rotatable bonds is 4. The molecule has 0 aromatic carbocycles. The second-order valence-corrected chi connectivity index (χ2v) is 9.78. The molecule has 8 nitrogen and oxygen atoms in total. The molecule has 0 aliphatic carbocycles. The van der Waals surface area contributed by atoms with Gasteiger partial charge in [0.05, 0.1) is 21.1 Å². The van der Waals surface area contributed by atoms with Gasteiger partial charge in [-0.25, -0.2) is 4.52 Å². The summed E-state index contributed by atoms with van der Waals surface area (Å²) in [5.41, 5.74) is 1.81. The predicted molar refractivity (Wildman–Crippen MR) is 117 cm³/mol. The number of pyridine rings is 2. The molecule has 0 saturated carbocycles. The number of amides is 1. The first-order chi connectivity index (χ1) is 14.0. The fourth-order valence-electron chi connectivity index (χ4n) is 3.99. The molecule has 29 heavy (non-hydrogen) atoms. The first kappa shape index (κ1) is 18.7. The average molecular weight is 475 g/mol. The molecule has 1 saturated heterocycles. The quantitative estimate of drug-likeness (QED) is 0.474. The van der Waals surface area contributed by atoms with Crippen LogP contribution in [0.2, 0.25) is 0 Å². The van der Waals surface area contributed by atoms with E-state index < -0.39 is 0 Å². The van der Waals surface area contributed by atoms with E-state index in [-0.39, 0.29) is 11.5 Å². The Morgan fingerprint density at radius 2 is 2.31 bits per heavy atom. The minimum Gasteiger partial charge on any atom is -0.351 e. The van der Waals surface area contributed by atoms with Crippen molar-refractivity contribution >= 4 is 59.9 Å². The molecule has 5 heterocycles. The minimum absolute atomic E-state index is 0.193. The van der Waals surface area contributed by atoms with Crippen molar-refractivity contribution in [3.63, 3.8) is 0 Å². The van der Waals surface area contributed by atoms with Crippen molar-refractivity contribution in [2.45, 2.75) is 25.8 Å². The van der Waals surface area contributed by atoms with Crippen molar-refractivity contribution < 1.29 is 4.79 Å². The number of carbonyl (C=O) groups is 1. The highest BCUT2D eigenvalue weighted by Crippen LogP contribution is 2.30. The number of H-pyrrole nitrogens is 1. The molecule has 5 rings (SSSR count). The SMILES string of the molecule is C[C@H]1CCCN1CCNC(=O)c1cnc2c(c1)[nH]c(=O)c1c2nn2cc(Br)sc12. The molecular weight excluding hydrogens is 456 g/mol. The molecule has 1 fully saturated rings. The van der Waals surface area contributed by atoms with Crippen molar-refractivity contribution in [2.24, 2.45) is 0 Å². The van der Waals surface area contributed by atoms with E-state index in [1.54, 1.807) is 10.6 Å². The molecule has 0 spiro atoms. The largest absolute Gasteiger partial charge is 0.351 e. The number of hydrogen-bond acceptors (Lipinski definition) is 6. The molecule has 1 amide bonds. The number of aromatic amines is 1. The number of likely N-dealkylation sites (tertiary alicyclic amines) is 1. The summed E-state index contributed by atoms with van der Waals surface area (Å²) in [6.45, 7) is 4.73. The molecule has 10 heteroatoms. The molecular formula is C19H19BrN6O2S. The average Bonchev–Trinajstić information content (AvgIpc) is 3.35. The van der Waals surface area contributed by atoms with Gasteiger partial charge < -0.3 is 10.3 Å². The molecule has 0 bridgehead atoms. The Morgan fingerprint density at radius 1 is 1.45 bits per heavy atom. The lowest BCUT2D eigenvalue weighted by Crippen LogP contribution is -2.36. The highest BCUT2D eigenvalue weighted by molar-refractivity contribution is 9.11. The van der Waals surface area contributed by atoms with Crippen molar-refractivity contribution in [1.29, 1.82) is 0 Å². The molecule has 4 aromatic heterocycles. The van der Waals surface area contributed by atoms with Crippen LogP contribution in [-0.2, 0) is 0 Å². The first-order valence-corrected chi connectivity index (χ1v) is 11.1. The van der Waals surface area contributed by atoms with Gasteiger partial charge in [-0.1, -0.05) is 0 Å². The van der Waals surface area contributed by atoms with Gasteiger partial charge in [0.15, 0.2) is 0 Å². The third-order valence-electron chi connectivity index (χ3n) is 5.51. The normalized spacial score (nSPS) is 17.7. The Morgan fingerprint density at radius 3 is 3.10 bits per heavy atom. The first-order valence-electron chi connectivity index (χ1n) is 9.53. The lowest BCUT2D eigenvalue weighted by atomic mass is 10.2. The fraction of sp³-hybridized carbons (Fsp3) is 0.368. The van der Waals surface area contributed by atoms with Gasteiger partial charge in [-0.05, 0) is 48.3 Å². The minimum atomic E-state index is -0.237. The Kier molecular flexibility index (Phi) is 4.64. The fourth-order valence-corrected chi connectivity index (χ4v) is 5.46. The number of nitrogens with zero attached hydrogens (tertiary/aromatic N) is 4. The van der Waals surface area contributed by atoms with Crippen LogP contribution < -0.4 is 10.9 Å². The number of fused-ring (bicyclic) bond motifs is 5. The van der Waals surface area contributed by atoms with Gasteiger partial charge in [0.1, 0.15) is 21.3 Å². The van der Waals surface area contributed by atoms with Gasteiger partial charge in [0.2, 0.25) is 0 Å². The monoisotopic (exact) mass is 474 g/mol. The topological polar surface area (TPSA) is 95.4 Å². The maximum Gasteiger partial charge on any atom is 0.261 e. The lowest BCUT2D eigenvalue weighted by Gasteiger charge is -2.20. The molecule has 0 radical (unpaired) electrons. The highest BCUT2D eigenvalue weighted by atomic mass is 79.9. The summed E-state index contributed by atoms with van der Waals surface area (Å²) in [7, 11) is 0. The molecule has 1 aliphatic rings. The summed E-state index contributed by atoms with van der Waals surface area (Å²) < 4.78 is 2.57. The summed E-state index contributed by atoms with van der Waals surface area (Å²) >= 11 is 4.86. The molecule has 2 N–H and O–H groups in total. The Hall–Kier alpha value is -2.30. The van der Waals surface area contributed by atoms with Crippen LogP contribution in [0.15, 0.2) is 27.0 Å². The van der Waals surface area contributed by atoms with E-state index in [1.807, 2.05) is 6.20 Å². The van der Waals surface area contributed by atoms with E-state index >= 15 is 0 Å². The zero-order chi connectivity index (χ0) is 20.1. The van der Waals surface area contributed by atoms with E-state index in [9.17, 15) is 9.59 Å². The van der Waals surface area contributed by atoms with Crippen molar-refractivity contribution in [3.05, 3.63) is 38.2 Å². The third kappa shape index (κ3) is 3.24. The van der Waals surface area contributed by atoms with Crippen LogP contribution in [0.3, 0.4) is 0 Å². The van der Waals surface area contributed by atoms with Crippen LogP contribution in [0.4, 0.5) is 0 Å². The third-order valence-corrected chi connectivity index (χ3v) is 7.08. The number of hydrogen-bond donors (Lipinski definition) is 2. The van der Waals surface area contributed by atoms with Crippen LogP contribution in [-0.4, -0.2) is 56.1 Å². The van der Waals surface area contributed by atoms with Crippen LogP contribution in [0.1, 0.15) is 30.1 Å². The summed E-state index contributed by atoms with van der Waals surface area (Å²) in [4.78, 5) is 35.6. The molecule has 1 aliphatic heterocycles. The highest BCUT2D eigenvalue weighted by Gasteiger charge is 2.20. The van der Waals surface area contributed by atoms with Crippen molar-refractivity contribution in [2.75, 3.05) is 19.6 Å². The second kappa shape index (κ2) is 7.19. The Labute approximate surface area is 178 Å². The summed E-state index contributed by atoms with van der Waals surface area (Å²) in [5, 5.41) is 7.97. The molecule has 1 atom stereocenters. The van der Waals surface area contributed by atoms with E-state index in [1.165, 1.54) is 30.4 Å². The van der Waals surface area contributed by atoms with Gasteiger partial charge in [-0.3, -0.25) is 19.5 Å². The zero-order valence-electron chi connectivity index (χ0n) is 15.7. The lowest BCUT2D eigenvalue weighted by molar-refractivity contribution is 0.0947. The van der Waals surface area contributed by atoms with E-state index in [0.29, 0.717) is 40.1 Å². The molecule has 0 unspecified atom stereocenters. The van der Waals surface area contributed by atoms with Gasteiger partial charge in [-0.2, -0.15) is 5.10 Å². The molecule has 150 valence electrons. The van der Waals surface area contributed by atoms with Gasteiger partial charge >= 0.3 is 0 Å². The summed E-state index contributed by atoms with van der Waals surface area (Å²) in [5.74, 6) is -0.193. The molecule has 4 aromatic rings. The van der Waals surface area contributed by atoms with Crippen LogP contribution >= 0.6 is 27.3 Å². The van der Waals surface area contributed by atoms with Gasteiger partial charge in [-0.15, -0.1) is 11.3 Å². The van der Waals surface area contributed by atoms with Gasteiger partial charge in [0.25, 0.3) is 11.5 Å². The van der Waals surface area contributed by atoms with Crippen molar-refractivity contribution in [1.82, 2.24) is 29.8 Å². The van der Waals surface area contributed by atoms with Crippen molar-refractivity contribution in [3.8, 4) is 0 Å². The number of nitrogens with one attached hydrogen (secondary N) is 2. The smallest absolute Gasteiger partial charge is 0.261 e. The van der Waals surface area contributed by atoms with Crippen LogP contribution in [0, 0.1) is 0 Å². The standard InChI is InChI=1S/C19H19BrN6O2S/c1-10-3-2-5-25(10)6-4-21-17(27)11-7-12-15(22-8-11)16-14(18(28)23-12)19-26(24-16)9-13(20)29-19/h7-10H,2-6H2,1H3,(H,21,27)(H,23,28)/t10-/m0/s1. The van der Waals surface area contributed by atoms with E-state index in [0.717, 1.165) is 21.7 Å². The second-order valence-electron chi connectivity index (χ2n) is 7.37. The van der Waals surface area contributed by atoms with Crippen LogP contribution in [0.25, 0.3) is 26.8 Å². The maximum atomic E-state index is 12.7. The Balaban J connectivity index is 1.43. The Bertz CT molecular complexity index is 1310. The maximum absolute atomic E-state index is 12.7. The predicted octanol–water partition coefficient (Wildman–Crippen LogP) is 2.76. The zero-order valence-corrected chi connectivity index (χ0v) is 18.1. The summed E-state index contributed by atoms with van der Waals surface area (Å²) in [6.07, 6.45) is 5.78. The number of carbonyl (C=O) groups excluding carboxylic acids is 1.